The van der Waals surface area contributed by atoms with Crippen LogP contribution < -0.4 is 14.4 Å². The quantitative estimate of drug-likeness (QED) is 0.672. The summed E-state index contributed by atoms with van der Waals surface area (Å²) < 4.78 is 31.8. The van der Waals surface area contributed by atoms with Crippen LogP contribution in [0.5, 0.6) is 5.75 Å². The van der Waals surface area contributed by atoms with Crippen LogP contribution in [0, 0.1) is 5.92 Å². The molecule has 0 unspecified atom stereocenters. The normalized spacial score (nSPS) is 12.5. The Bertz CT molecular complexity index is 924. The minimum atomic E-state index is -3.53. The topological polar surface area (TPSA) is 75.7 Å². The Labute approximate surface area is 173 Å². The largest absolute Gasteiger partial charge is 0.492 e. The highest BCUT2D eigenvalue weighted by Gasteiger charge is 2.21. The number of nitrogens with zero attached hydrogens (tertiary/aromatic N) is 1. The monoisotopic (exact) mass is 418 g/mol. The molecule has 1 amide bonds. The van der Waals surface area contributed by atoms with Crippen molar-refractivity contribution in [2.45, 2.75) is 40.3 Å². The molecule has 0 fully saturated rings. The molecule has 2 aromatic carbocycles. The molecule has 0 heterocycles. The van der Waals surface area contributed by atoms with Gasteiger partial charge in [-0.05, 0) is 49.6 Å². The molecule has 29 heavy (non-hydrogen) atoms. The van der Waals surface area contributed by atoms with Gasteiger partial charge in [-0.25, -0.2) is 8.42 Å². The van der Waals surface area contributed by atoms with Gasteiger partial charge in [0.1, 0.15) is 5.75 Å². The fourth-order valence-electron chi connectivity index (χ4n) is 2.71. The Morgan fingerprint density at radius 2 is 1.69 bits per heavy atom. The number of sulfonamides is 1. The zero-order chi connectivity index (χ0) is 21.6. The molecule has 0 bridgehead atoms. The van der Waals surface area contributed by atoms with Crippen LogP contribution in [0.15, 0.2) is 48.5 Å². The lowest BCUT2D eigenvalue weighted by Crippen LogP contribution is -2.36. The Morgan fingerprint density at radius 3 is 2.24 bits per heavy atom. The highest BCUT2D eigenvalue weighted by Crippen LogP contribution is 2.31. The van der Waals surface area contributed by atoms with Crippen molar-refractivity contribution in [2.24, 2.45) is 5.92 Å². The molecule has 7 heteroatoms. The van der Waals surface area contributed by atoms with E-state index in [1.807, 2.05) is 27.7 Å². The van der Waals surface area contributed by atoms with Crippen molar-refractivity contribution in [2.75, 3.05) is 17.2 Å². The smallest absolute Gasteiger partial charge is 0.251 e. The molecule has 2 rings (SSSR count). The van der Waals surface area contributed by atoms with E-state index in [0.29, 0.717) is 29.5 Å². The molecule has 6 nitrogen and oxygen atoms in total. The maximum absolute atomic E-state index is 12.5. The Hall–Kier alpha value is -2.54. The van der Waals surface area contributed by atoms with E-state index < -0.39 is 10.0 Å². The maximum Gasteiger partial charge on any atom is 0.251 e. The molecule has 0 aromatic heterocycles. The van der Waals surface area contributed by atoms with Crippen LogP contribution in [-0.2, 0) is 16.6 Å². The van der Waals surface area contributed by atoms with Gasteiger partial charge in [0.05, 0.1) is 25.1 Å². The van der Waals surface area contributed by atoms with E-state index in [9.17, 15) is 13.2 Å². The average Bonchev–Trinajstić information content (AvgIpc) is 2.66. The first-order chi connectivity index (χ1) is 13.6. The Balaban J connectivity index is 2.24. The number of anilines is 1. The fourth-order valence-corrected chi connectivity index (χ4v) is 3.60. The number of benzene rings is 2. The summed E-state index contributed by atoms with van der Waals surface area (Å²) in [7, 11) is -3.53. The van der Waals surface area contributed by atoms with Crippen LogP contribution in [0.4, 0.5) is 5.69 Å². The van der Waals surface area contributed by atoms with Crippen molar-refractivity contribution in [3.05, 3.63) is 59.7 Å². The number of carbonyl (C=O) groups excluding carboxylic acids is 1. The average molecular weight is 419 g/mol. The third kappa shape index (κ3) is 6.22. The SMILES string of the molecule is CCOc1ccccc1N(Cc1ccc(C(=O)N[C@H](C)C(C)C)cc1)S(C)(=O)=O. The van der Waals surface area contributed by atoms with Crippen LogP contribution in [0.25, 0.3) is 0 Å². The molecule has 0 aliphatic heterocycles. The minimum Gasteiger partial charge on any atom is -0.492 e. The predicted molar refractivity (Wildman–Crippen MR) is 117 cm³/mol. The number of para-hydroxylation sites is 2. The van der Waals surface area contributed by atoms with Gasteiger partial charge in [0.15, 0.2) is 0 Å². The van der Waals surface area contributed by atoms with Crippen molar-refractivity contribution in [1.82, 2.24) is 5.32 Å². The van der Waals surface area contributed by atoms with Crippen molar-refractivity contribution in [1.29, 1.82) is 0 Å². The zero-order valence-corrected chi connectivity index (χ0v) is 18.5. The first kappa shape index (κ1) is 22.7. The van der Waals surface area contributed by atoms with E-state index >= 15 is 0 Å². The summed E-state index contributed by atoms with van der Waals surface area (Å²) in [6, 6.07) is 14.1. The second kappa shape index (κ2) is 9.78. The van der Waals surface area contributed by atoms with Crippen LogP contribution in [0.1, 0.15) is 43.6 Å². The molecule has 0 spiro atoms. The Kier molecular flexibility index (Phi) is 7.67. The standard InChI is InChI=1S/C22H30N2O4S/c1-6-28-21-10-8-7-9-20(21)24(29(5,26)27)15-18-11-13-19(14-12-18)22(25)23-17(4)16(2)3/h7-14,16-17H,6,15H2,1-5H3,(H,23,25)/t17-/m1/s1. The molecular weight excluding hydrogens is 388 g/mol. The van der Waals surface area contributed by atoms with E-state index in [0.717, 1.165) is 5.56 Å². The van der Waals surface area contributed by atoms with Crippen LogP contribution in [-0.4, -0.2) is 33.2 Å². The van der Waals surface area contributed by atoms with Gasteiger partial charge in [0.25, 0.3) is 5.91 Å². The van der Waals surface area contributed by atoms with Crippen molar-refractivity contribution in [3.63, 3.8) is 0 Å². The summed E-state index contributed by atoms with van der Waals surface area (Å²) in [5.41, 5.74) is 1.81. The molecule has 0 saturated carbocycles. The molecule has 1 N–H and O–H groups in total. The van der Waals surface area contributed by atoms with Gasteiger partial charge < -0.3 is 10.1 Å². The summed E-state index contributed by atoms with van der Waals surface area (Å²) in [6.07, 6.45) is 1.17. The molecular formula is C22H30N2O4S. The molecule has 0 aliphatic carbocycles. The Morgan fingerprint density at radius 1 is 1.07 bits per heavy atom. The zero-order valence-electron chi connectivity index (χ0n) is 17.7. The lowest BCUT2D eigenvalue weighted by Gasteiger charge is -2.25. The summed E-state index contributed by atoms with van der Waals surface area (Å²) in [5.74, 6) is 0.713. The van der Waals surface area contributed by atoms with E-state index in [1.165, 1.54) is 10.6 Å². The fraction of sp³-hybridized carbons (Fsp3) is 0.409. The molecule has 0 saturated heterocycles. The number of ether oxygens (including phenoxy) is 1. The number of carbonyl (C=O) groups is 1. The molecule has 0 radical (unpaired) electrons. The number of hydrogen-bond acceptors (Lipinski definition) is 4. The highest BCUT2D eigenvalue weighted by atomic mass is 32.2. The van der Waals surface area contributed by atoms with Crippen molar-refractivity contribution < 1.29 is 17.9 Å². The summed E-state index contributed by atoms with van der Waals surface area (Å²) >= 11 is 0. The maximum atomic E-state index is 12.5. The first-order valence-corrected chi connectivity index (χ1v) is 11.6. The van der Waals surface area contributed by atoms with Gasteiger partial charge in [-0.2, -0.15) is 0 Å². The lowest BCUT2D eigenvalue weighted by atomic mass is 10.1. The van der Waals surface area contributed by atoms with E-state index in [1.54, 1.807) is 48.5 Å². The first-order valence-electron chi connectivity index (χ1n) is 9.72. The van der Waals surface area contributed by atoms with Gasteiger partial charge in [-0.15, -0.1) is 0 Å². The second-order valence-electron chi connectivity index (χ2n) is 7.37. The summed E-state index contributed by atoms with van der Waals surface area (Å²) in [5, 5.41) is 2.97. The van der Waals surface area contributed by atoms with Gasteiger partial charge in [-0.1, -0.05) is 38.1 Å². The lowest BCUT2D eigenvalue weighted by molar-refractivity contribution is 0.0930. The van der Waals surface area contributed by atoms with Crippen LogP contribution >= 0.6 is 0 Å². The molecule has 2 aromatic rings. The minimum absolute atomic E-state index is 0.0676. The van der Waals surface area contributed by atoms with Crippen LogP contribution in [0.2, 0.25) is 0 Å². The molecule has 1 atom stereocenters. The van der Waals surface area contributed by atoms with E-state index in [4.69, 9.17) is 4.74 Å². The highest BCUT2D eigenvalue weighted by molar-refractivity contribution is 7.92. The van der Waals surface area contributed by atoms with E-state index in [2.05, 4.69) is 5.32 Å². The predicted octanol–water partition coefficient (Wildman–Crippen LogP) is 3.83. The summed E-state index contributed by atoms with van der Waals surface area (Å²) in [4.78, 5) is 12.4. The number of amides is 1. The van der Waals surface area contributed by atoms with E-state index in [-0.39, 0.29) is 18.5 Å². The third-order valence-electron chi connectivity index (χ3n) is 4.74. The molecule has 158 valence electrons. The number of rotatable bonds is 9. The van der Waals surface area contributed by atoms with Crippen molar-refractivity contribution in [3.8, 4) is 5.75 Å². The summed E-state index contributed by atoms with van der Waals surface area (Å²) in [6.45, 7) is 8.50. The van der Waals surface area contributed by atoms with Crippen molar-refractivity contribution >= 4 is 21.6 Å². The van der Waals surface area contributed by atoms with Gasteiger partial charge in [0.2, 0.25) is 10.0 Å². The second-order valence-corrected chi connectivity index (χ2v) is 9.28. The number of nitrogens with one attached hydrogen (secondary N) is 1. The van der Waals surface area contributed by atoms with Gasteiger partial charge in [0, 0.05) is 11.6 Å². The van der Waals surface area contributed by atoms with Crippen LogP contribution in [0.3, 0.4) is 0 Å². The van der Waals surface area contributed by atoms with Gasteiger partial charge >= 0.3 is 0 Å². The van der Waals surface area contributed by atoms with Gasteiger partial charge in [-0.3, -0.25) is 9.10 Å². The number of hydrogen-bond donors (Lipinski definition) is 1. The third-order valence-corrected chi connectivity index (χ3v) is 5.86. The molecule has 0 aliphatic rings.